The van der Waals surface area contributed by atoms with Crippen molar-refractivity contribution in [3.63, 3.8) is 0 Å². The first-order chi connectivity index (χ1) is 17.8. The molecule has 7 nitrogen and oxygen atoms in total. The van der Waals surface area contributed by atoms with Crippen molar-refractivity contribution >= 4 is 29.4 Å². The number of halogens is 1. The molecule has 0 radical (unpaired) electrons. The number of piperidine rings is 1. The van der Waals surface area contributed by atoms with Crippen molar-refractivity contribution in [1.82, 2.24) is 10.2 Å². The molecule has 37 heavy (non-hydrogen) atoms. The smallest absolute Gasteiger partial charge is 0.326 e. The van der Waals surface area contributed by atoms with Gasteiger partial charge in [-0.15, -0.1) is 0 Å². The maximum absolute atomic E-state index is 12.6. The average Bonchev–Trinajstić information content (AvgIpc) is 2.89. The molecular weight excluding hydrogens is 492 g/mol. The molecule has 1 heterocycles. The highest BCUT2D eigenvalue weighted by Crippen LogP contribution is 2.27. The number of aliphatic carboxylic acids is 2. The van der Waals surface area contributed by atoms with Crippen LogP contribution >= 0.6 is 11.6 Å². The second-order valence-electron chi connectivity index (χ2n) is 9.31. The van der Waals surface area contributed by atoms with Crippen LogP contribution in [-0.4, -0.2) is 52.1 Å². The third-order valence-corrected chi connectivity index (χ3v) is 7.02. The fourth-order valence-corrected chi connectivity index (χ4v) is 4.94. The van der Waals surface area contributed by atoms with Crippen molar-refractivity contribution in [2.45, 2.75) is 31.8 Å². The van der Waals surface area contributed by atoms with Crippen LogP contribution in [0, 0.1) is 5.92 Å². The van der Waals surface area contributed by atoms with E-state index in [9.17, 15) is 24.6 Å². The number of carbonyl (C=O) groups excluding carboxylic acids is 1. The van der Waals surface area contributed by atoms with E-state index in [2.05, 4.69) is 16.3 Å². The summed E-state index contributed by atoms with van der Waals surface area (Å²) < 4.78 is 0. The molecule has 1 amide bonds. The topological polar surface area (TPSA) is 107 Å². The van der Waals surface area contributed by atoms with E-state index < -0.39 is 23.9 Å². The van der Waals surface area contributed by atoms with Gasteiger partial charge in [-0.25, -0.2) is 4.79 Å². The normalized spacial score (nSPS) is 16.6. The van der Waals surface area contributed by atoms with Crippen molar-refractivity contribution in [2.75, 3.05) is 13.1 Å². The van der Waals surface area contributed by atoms with Gasteiger partial charge in [0.1, 0.15) is 6.04 Å². The molecule has 3 aromatic rings. The lowest BCUT2D eigenvalue weighted by atomic mass is 9.95. The number of carboxylic acid groups (broad SMARTS) is 2. The Balaban J connectivity index is 1.46. The lowest BCUT2D eigenvalue weighted by Crippen LogP contribution is -2.42. The highest BCUT2D eigenvalue weighted by molar-refractivity contribution is 6.33. The Kier molecular flexibility index (Phi) is 8.58. The number of hydrogen-bond donors (Lipinski definition) is 3. The van der Waals surface area contributed by atoms with Crippen LogP contribution in [0.4, 0.5) is 0 Å². The first kappa shape index (κ1) is 26.4. The Labute approximate surface area is 220 Å². The zero-order valence-electron chi connectivity index (χ0n) is 20.3. The molecule has 3 aromatic carbocycles. The van der Waals surface area contributed by atoms with Gasteiger partial charge in [0.05, 0.1) is 16.5 Å². The van der Waals surface area contributed by atoms with Gasteiger partial charge in [-0.3, -0.25) is 14.5 Å². The first-order valence-electron chi connectivity index (χ1n) is 12.2. The molecule has 1 aliphatic rings. The third kappa shape index (κ3) is 6.76. The van der Waals surface area contributed by atoms with Crippen molar-refractivity contribution < 1.29 is 24.6 Å². The fraction of sp³-hybridized carbons (Fsp3) is 0.276. The number of benzene rings is 3. The molecule has 4 rings (SSSR count). The molecule has 1 saturated heterocycles. The van der Waals surface area contributed by atoms with Gasteiger partial charge < -0.3 is 15.5 Å². The average molecular weight is 521 g/mol. The summed E-state index contributed by atoms with van der Waals surface area (Å²) in [5.41, 5.74) is 4.14. The maximum atomic E-state index is 12.6. The standard InChI is InChI=1S/C29H29ClN2O5/c30-25-10-4-3-9-24(25)27(33)31-26(29(36)37)16-19-11-13-20(14-12-19)23-8-2-1-6-21(23)17-32-15-5-7-22(18-32)28(34)35/h1-4,6,8-14,22,26H,5,7,15-18H2,(H,31,33)(H,34,35)(H,36,37)/t22?,26-/m0/s1. The molecule has 8 heteroatoms. The first-order valence-corrected chi connectivity index (χ1v) is 12.6. The monoisotopic (exact) mass is 520 g/mol. The molecule has 192 valence electrons. The van der Waals surface area contributed by atoms with Gasteiger partial charge in [0.25, 0.3) is 5.91 Å². The second kappa shape index (κ2) is 12.0. The van der Waals surface area contributed by atoms with Crippen LogP contribution < -0.4 is 5.32 Å². The Bertz CT molecular complexity index is 1280. The number of nitrogens with zero attached hydrogens (tertiary/aromatic N) is 1. The van der Waals surface area contributed by atoms with Crippen LogP contribution in [0.5, 0.6) is 0 Å². The van der Waals surface area contributed by atoms with Crippen molar-refractivity contribution in [3.8, 4) is 11.1 Å². The molecule has 0 saturated carbocycles. The van der Waals surface area contributed by atoms with Gasteiger partial charge in [0.2, 0.25) is 0 Å². The molecular formula is C29H29ClN2O5. The number of amides is 1. The molecule has 2 atom stereocenters. The maximum Gasteiger partial charge on any atom is 0.326 e. The van der Waals surface area contributed by atoms with E-state index >= 15 is 0 Å². The van der Waals surface area contributed by atoms with Crippen LogP contribution in [-0.2, 0) is 22.6 Å². The summed E-state index contributed by atoms with van der Waals surface area (Å²) in [6.45, 7) is 2.07. The van der Waals surface area contributed by atoms with Gasteiger partial charge in [-0.2, -0.15) is 0 Å². The second-order valence-corrected chi connectivity index (χ2v) is 9.72. The van der Waals surface area contributed by atoms with Crippen LogP contribution in [0.2, 0.25) is 5.02 Å². The number of likely N-dealkylation sites (tertiary alicyclic amines) is 1. The van der Waals surface area contributed by atoms with Crippen LogP contribution in [0.1, 0.15) is 34.3 Å². The minimum Gasteiger partial charge on any atom is -0.481 e. The van der Waals surface area contributed by atoms with E-state index in [4.69, 9.17) is 11.6 Å². The molecule has 0 aromatic heterocycles. The Morgan fingerprint density at radius 1 is 0.973 bits per heavy atom. The summed E-state index contributed by atoms with van der Waals surface area (Å²) in [6, 6.07) is 21.0. The molecule has 0 aliphatic carbocycles. The third-order valence-electron chi connectivity index (χ3n) is 6.69. The predicted octanol–water partition coefficient (Wildman–Crippen LogP) is 4.73. The molecule has 3 N–H and O–H groups in total. The van der Waals surface area contributed by atoms with Crippen molar-refractivity contribution in [3.05, 3.63) is 94.5 Å². The highest BCUT2D eigenvalue weighted by atomic mass is 35.5. The molecule has 1 aliphatic heterocycles. The van der Waals surface area contributed by atoms with Gasteiger partial charge >= 0.3 is 11.9 Å². The number of nitrogens with one attached hydrogen (secondary N) is 1. The zero-order chi connectivity index (χ0) is 26.4. The number of rotatable bonds is 9. The Morgan fingerprint density at radius 2 is 1.68 bits per heavy atom. The lowest BCUT2D eigenvalue weighted by Gasteiger charge is -2.31. The zero-order valence-corrected chi connectivity index (χ0v) is 21.0. The van der Waals surface area contributed by atoms with Gasteiger partial charge in [-0.1, -0.05) is 72.3 Å². The van der Waals surface area contributed by atoms with Crippen LogP contribution in [0.15, 0.2) is 72.8 Å². The van der Waals surface area contributed by atoms with E-state index in [0.717, 1.165) is 35.2 Å². The van der Waals surface area contributed by atoms with Crippen molar-refractivity contribution in [1.29, 1.82) is 0 Å². The number of carboxylic acids is 2. The summed E-state index contributed by atoms with van der Waals surface area (Å²) in [6.07, 6.45) is 1.70. The summed E-state index contributed by atoms with van der Waals surface area (Å²) in [7, 11) is 0. The summed E-state index contributed by atoms with van der Waals surface area (Å²) in [5, 5.41) is 21.9. The Morgan fingerprint density at radius 3 is 2.38 bits per heavy atom. The van der Waals surface area contributed by atoms with Gasteiger partial charge in [-0.05, 0) is 53.8 Å². The number of hydrogen-bond acceptors (Lipinski definition) is 4. The van der Waals surface area contributed by atoms with Crippen molar-refractivity contribution in [2.24, 2.45) is 5.92 Å². The minimum atomic E-state index is -1.13. The van der Waals surface area contributed by atoms with E-state index in [0.29, 0.717) is 19.5 Å². The lowest BCUT2D eigenvalue weighted by molar-refractivity contribution is -0.143. The highest BCUT2D eigenvalue weighted by Gasteiger charge is 2.26. The van der Waals surface area contributed by atoms with E-state index in [1.165, 1.54) is 0 Å². The quantitative estimate of drug-likeness (QED) is 0.376. The molecule has 0 spiro atoms. The fourth-order valence-electron chi connectivity index (χ4n) is 4.72. The summed E-state index contributed by atoms with van der Waals surface area (Å²) in [5.74, 6) is -2.74. The SMILES string of the molecule is O=C(N[C@@H](Cc1ccc(-c2ccccc2CN2CCCC(C(=O)O)C2)cc1)C(=O)O)c1ccccc1Cl. The molecule has 1 unspecified atom stereocenters. The summed E-state index contributed by atoms with van der Waals surface area (Å²) >= 11 is 6.08. The molecule has 1 fully saturated rings. The number of carbonyl (C=O) groups is 3. The van der Waals surface area contributed by atoms with Crippen LogP contribution in [0.3, 0.4) is 0 Å². The Hall–Kier alpha value is -3.68. The van der Waals surface area contributed by atoms with Gasteiger partial charge in [0.15, 0.2) is 0 Å². The summed E-state index contributed by atoms with van der Waals surface area (Å²) in [4.78, 5) is 38.1. The largest absolute Gasteiger partial charge is 0.481 e. The predicted molar refractivity (Wildman–Crippen MR) is 142 cm³/mol. The van der Waals surface area contributed by atoms with Crippen LogP contribution in [0.25, 0.3) is 11.1 Å². The molecule has 0 bridgehead atoms. The minimum absolute atomic E-state index is 0.123. The van der Waals surface area contributed by atoms with Gasteiger partial charge in [0, 0.05) is 19.5 Å². The van der Waals surface area contributed by atoms with E-state index in [1.807, 2.05) is 42.5 Å². The van der Waals surface area contributed by atoms with E-state index in [-0.39, 0.29) is 22.9 Å². The van der Waals surface area contributed by atoms with E-state index in [1.54, 1.807) is 24.3 Å².